The third kappa shape index (κ3) is 53.9. The van der Waals surface area contributed by atoms with Crippen molar-refractivity contribution in [1.82, 2.24) is 0 Å². The van der Waals surface area contributed by atoms with Gasteiger partial charge in [-0.1, -0.05) is 24.8 Å². The first-order valence-electron chi connectivity index (χ1n) is 3.38. The van der Waals surface area contributed by atoms with Crippen LogP contribution in [-0.4, -0.2) is 5.78 Å². The standard InChI is InChI=1S/C8H10O.3CO.Fe/c1-3-5-6-7-8(9)4-2;3*1-2;/h3-7H,2H2,1H3;;;;/b5-3+,7-6+;;;;. The number of ketones is 1. The molecule has 0 atom stereocenters. The van der Waals surface area contributed by atoms with Crippen LogP contribution >= 0.6 is 0 Å². The summed E-state index contributed by atoms with van der Waals surface area (Å²) in [6.07, 6.45) is 8.07. The van der Waals surface area contributed by atoms with Gasteiger partial charge in [0, 0.05) is 17.1 Å². The molecule has 0 aliphatic rings. The Morgan fingerprint density at radius 2 is 1.44 bits per heavy atom. The van der Waals surface area contributed by atoms with Gasteiger partial charge in [-0.3, -0.25) is 4.79 Å². The van der Waals surface area contributed by atoms with E-state index in [1.54, 1.807) is 12.2 Å². The maximum atomic E-state index is 10.4. The second-order valence-corrected chi connectivity index (χ2v) is 1.49. The molecule has 0 radical (unpaired) electrons. The molecule has 0 spiro atoms. The van der Waals surface area contributed by atoms with Crippen molar-refractivity contribution in [3.05, 3.63) is 56.9 Å². The van der Waals surface area contributed by atoms with Crippen LogP contribution in [0.15, 0.2) is 37.0 Å². The van der Waals surface area contributed by atoms with Crippen LogP contribution in [0.3, 0.4) is 0 Å². The van der Waals surface area contributed by atoms with Gasteiger partial charge < -0.3 is 0 Å². The van der Waals surface area contributed by atoms with Crippen LogP contribution in [-0.2, 0) is 35.8 Å². The Morgan fingerprint density at radius 3 is 1.69 bits per heavy atom. The van der Waals surface area contributed by atoms with E-state index in [-0.39, 0.29) is 22.9 Å². The molecule has 0 saturated carbocycles. The fraction of sp³-hybridized carbons (Fsp3) is 0.0909. The summed E-state index contributed by atoms with van der Waals surface area (Å²) in [6, 6.07) is 0. The Hall–Kier alpha value is -1.37. The van der Waals surface area contributed by atoms with Gasteiger partial charge in [-0.2, -0.15) is 0 Å². The van der Waals surface area contributed by atoms with Crippen molar-refractivity contribution in [1.29, 1.82) is 0 Å². The SMILES string of the molecule is C=CC(=O)/C=C/C=C/C.[C-]#[O+].[C-]#[O+].[C-]#[O+].[Fe]. The van der Waals surface area contributed by atoms with Gasteiger partial charge in [-0.25, -0.2) is 0 Å². The summed E-state index contributed by atoms with van der Waals surface area (Å²) in [5.74, 6) is -0.0619. The Kier molecular flexibility index (Phi) is 90.6. The van der Waals surface area contributed by atoms with E-state index in [1.807, 2.05) is 13.0 Å². The van der Waals surface area contributed by atoms with Gasteiger partial charge in [0.2, 0.25) is 0 Å². The largest absolute Gasteiger partial charge is 0 e. The first-order valence-corrected chi connectivity index (χ1v) is 3.38. The second-order valence-electron chi connectivity index (χ2n) is 1.49. The Balaban J connectivity index is -0.0000000498. The van der Waals surface area contributed by atoms with E-state index >= 15 is 0 Å². The normalized spacial score (nSPS) is 6.44. The van der Waals surface area contributed by atoms with Crippen molar-refractivity contribution in [2.75, 3.05) is 0 Å². The molecule has 0 amide bonds. The van der Waals surface area contributed by atoms with E-state index in [1.165, 1.54) is 12.2 Å². The molecule has 0 aliphatic heterocycles. The van der Waals surface area contributed by atoms with Gasteiger partial charge in [0.05, 0.1) is 0 Å². The Morgan fingerprint density at radius 1 is 1.06 bits per heavy atom. The number of allylic oxidation sites excluding steroid dienone is 5. The molecule has 0 N–H and O–H groups in total. The van der Waals surface area contributed by atoms with Gasteiger partial charge in [0.15, 0.2) is 5.78 Å². The maximum absolute atomic E-state index is 10.4. The predicted octanol–water partition coefficient (Wildman–Crippen LogP) is 1.76. The van der Waals surface area contributed by atoms with Crippen LogP contribution in [0.25, 0.3) is 0 Å². The monoisotopic (exact) mass is 262 g/mol. The number of carbonyl (C=O) groups is 1. The molecule has 0 unspecified atom stereocenters. The molecule has 4 nitrogen and oxygen atoms in total. The Bertz CT molecular complexity index is 245. The zero-order valence-corrected chi connectivity index (χ0v) is 9.68. The summed E-state index contributed by atoms with van der Waals surface area (Å²) in [5, 5.41) is 0. The molecule has 0 aromatic rings. The number of carbonyl (C=O) groups excluding carboxylic acids is 1. The van der Waals surface area contributed by atoms with E-state index in [0.29, 0.717) is 0 Å². The summed E-state index contributed by atoms with van der Waals surface area (Å²) in [4.78, 5) is 10.4. The minimum atomic E-state index is -0.0619. The first kappa shape index (κ1) is 29.3. The average molecular weight is 262 g/mol. The molecule has 0 fully saturated rings. The van der Waals surface area contributed by atoms with E-state index in [2.05, 4.69) is 26.5 Å². The van der Waals surface area contributed by atoms with Gasteiger partial charge in [0.25, 0.3) is 0 Å². The molecule has 0 aliphatic carbocycles. The van der Waals surface area contributed by atoms with Crippen molar-refractivity contribution in [3.63, 3.8) is 0 Å². The summed E-state index contributed by atoms with van der Waals surface area (Å²) in [5.41, 5.74) is 0. The van der Waals surface area contributed by atoms with E-state index in [4.69, 9.17) is 14.0 Å². The van der Waals surface area contributed by atoms with Crippen LogP contribution in [0, 0.1) is 20.0 Å². The smallest absolute Gasteiger partial charge is 0 e. The molecule has 0 heterocycles. The molecule has 86 valence electrons. The molecular weight excluding hydrogens is 252 g/mol. The predicted molar refractivity (Wildman–Crippen MR) is 50.9 cm³/mol. The third-order valence-corrected chi connectivity index (χ3v) is 0.765. The summed E-state index contributed by atoms with van der Waals surface area (Å²) < 4.78 is 22.5. The summed E-state index contributed by atoms with van der Waals surface area (Å²) in [7, 11) is 0. The number of hydrogen-bond donors (Lipinski definition) is 0. The van der Waals surface area contributed by atoms with Gasteiger partial charge in [-0.05, 0) is 19.1 Å². The quantitative estimate of drug-likeness (QED) is 0.251. The fourth-order valence-corrected chi connectivity index (χ4v) is 0.330. The van der Waals surface area contributed by atoms with Crippen LogP contribution in [0.1, 0.15) is 6.92 Å². The van der Waals surface area contributed by atoms with Crippen molar-refractivity contribution in [2.24, 2.45) is 0 Å². The summed E-state index contributed by atoms with van der Waals surface area (Å²) in [6.45, 7) is 18.7. The Labute approximate surface area is 106 Å². The van der Waals surface area contributed by atoms with E-state index in [0.717, 1.165) is 0 Å². The molecule has 0 aromatic carbocycles. The maximum Gasteiger partial charge on any atom is 0 e. The van der Waals surface area contributed by atoms with Crippen LogP contribution in [0.5, 0.6) is 0 Å². The van der Waals surface area contributed by atoms with Crippen LogP contribution in [0.4, 0.5) is 0 Å². The molecule has 0 saturated heterocycles. The zero-order chi connectivity index (χ0) is 13.1. The molecular formula is C11H10FeO4. The van der Waals surface area contributed by atoms with Crippen molar-refractivity contribution < 1.29 is 35.8 Å². The third-order valence-electron chi connectivity index (χ3n) is 0.765. The molecule has 16 heavy (non-hydrogen) atoms. The molecule has 0 rings (SSSR count). The number of rotatable bonds is 3. The van der Waals surface area contributed by atoms with Crippen molar-refractivity contribution >= 4 is 5.78 Å². The number of hydrogen-bond acceptors (Lipinski definition) is 1. The van der Waals surface area contributed by atoms with Crippen molar-refractivity contribution in [2.45, 2.75) is 6.92 Å². The van der Waals surface area contributed by atoms with Crippen LogP contribution < -0.4 is 0 Å². The molecule has 0 bridgehead atoms. The minimum absolute atomic E-state index is 0. The summed E-state index contributed by atoms with van der Waals surface area (Å²) >= 11 is 0. The second kappa shape index (κ2) is 49.5. The van der Waals surface area contributed by atoms with E-state index < -0.39 is 0 Å². The minimum Gasteiger partial charge on any atom is 0 e. The first-order chi connectivity index (χ1) is 7.31. The molecule has 0 aromatic heterocycles. The van der Waals surface area contributed by atoms with E-state index in [9.17, 15) is 4.79 Å². The van der Waals surface area contributed by atoms with Crippen LogP contribution in [0.2, 0.25) is 0 Å². The van der Waals surface area contributed by atoms with Crippen molar-refractivity contribution in [3.8, 4) is 0 Å². The fourth-order valence-electron chi connectivity index (χ4n) is 0.330. The van der Waals surface area contributed by atoms with Gasteiger partial charge in [0.1, 0.15) is 0 Å². The van der Waals surface area contributed by atoms with Gasteiger partial charge in [-0.15, -0.1) is 0 Å². The van der Waals surface area contributed by atoms with Gasteiger partial charge >= 0.3 is 33.9 Å². The topological polar surface area (TPSA) is 76.8 Å². The molecule has 5 heteroatoms. The average Bonchev–Trinajstić information content (AvgIpc) is 2.36. The zero-order valence-electron chi connectivity index (χ0n) is 8.58.